The lowest BCUT2D eigenvalue weighted by atomic mass is 9.74. The van der Waals surface area contributed by atoms with E-state index in [0.29, 0.717) is 22.3 Å². The molecule has 0 unspecified atom stereocenters. The van der Waals surface area contributed by atoms with Crippen molar-refractivity contribution in [2.75, 3.05) is 31.5 Å². The first-order valence-electron chi connectivity index (χ1n) is 15.2. The van der Waals surface area contributed by atoms with Gasteiger partial charge in [-0.15, -0.1) is 0 Å². The Kier molecular flexibility index (Phi) is 8.38. The molecule has 0 radical (unpaired) electrons. The molecule has 5 aliphatic rings. The van der Waals surface area contributed by atoms with Gasteiger partial charge in [0, 0.05) is 28.3 Å². The quantitative estimate of drug-likeness (QED) is 0.423. The van der Waals surface area contributed by atoms with Gasteiger partial charge in [-0.3, -0.25) is 14.4 Å². The van der Waals surface area contributed by atoms with Crippen LogP contribution in [0.25, 0.3) is 0 Å². The van der Waals surface area contributed by atoms with Crippen molar-refractivity contribution in [2.45, 2.75) is 82.1 Å². The fraction of sp³-hybridized carbons (Fsp3) is 0.645. The van der Waals surface area contributed by atoms with E-state index in [1.165, 1.54) is 19.3 Å². The number of amides is 3. The minimum absolute atomic E-state index is 0.105. The number of hydrogen-bond donors (Lipinski definition) is 2. The van der Waals surface area contributed by atoms with E-state index in [1.807, 2.05) is 12.2 Å². The van der Waals surface area contributed by atoms with Crippen LogP contribution in [0.1, 0.15) is 58.3 Å². The van der Waals surface area contributed by atoms with Crippen molar-refractivity contribution in [3.05, 3.63) is 40.4 Å². The lowest BCUT2D eigenvalue weighted by molar-refractivity contribution is -0.141. The minimum Gasteiger partial charge on any atom is -0.359 e. The molecule has 41 heavy (non-hydrogen) atoms. The van der Waals surface area contributed by atoms with Crippen molar-refractivity contribution in [1.29, 1.82) is 0 Å². The van der Waals surface area contributed by atoms with Gasteiger partial charge in [-0.05, 0) is 75.9 Å². The summed E-state index contributed by atoms with van der Waals surface area (Å²) in [6.07, 6.45) is 11.5. The minimum atomic E-state index is -1.16. The molecular formula is C31H40Cl2N4O4. The van der Waals surface area contributed by atoms with Gasteiger partial charge in [0.15, 0.2) is 0 Å². The third kappa shape index (κ3) is 5.65. The zero-order valence-corrected chi connectivity index (χ0v) is 25.1. The van der Waals surface area contributed by atoms with Crippen LogP contribution in [0, 0.1) is 17.8 Å². The molecule has 4 aliphatic heterocycles. The highest BCUT2D eigenvalue weighted by atomic mass is 35.5. The molecule has 1 aliphatic carbocycles. The highest BCUT2D eigenvalue weighted by Crippen LogP contribution is 2.55. The van der Waals surface area contributed by atoms with Crippen LogP contribution in [-0.4, -0.2) is 77.5 Å². The molecule has 5 atom stereocenters. The molecule has 1 aromatic carbocycles. The van der Waals surface area contributed by atoms with Crippen LogP contribution in [0.2, 0.25) is 10.0 Å². The summed E-state index contributed by atoms with van der Waals surface area (Å²) in [4.78, 5) is 46.0. The Balaban J connectivity index is 1.23. The Bertz CT molecular complexity index is 1190. The average Bonchev–Trinajstić information content (AvgIpc) is 3.57. The van der Waals surface area contributed by atoms with Crippen molar-refractivity contribution in [3.8, 4) is 0 Å². The molecule has 0 aromatic heterocycles. The Morgan fingerprint density at radius 3 is 2.41 bits per heavy atom. The number of anilines is 1. The normalized spacial score (nSPS) is 32.0. The van der Waals surface area contributed by atoms with Crippen LogP contribution in [-0.2, 0) is 19.1 Å². The standard InChI is InChI=1S/C31H40Cl2N4O4/c1-19-9-14-36(15-10-19)12-5-13-37-27(29(39)34-22-6-3-2-4-7-22)31-11-8-24(41-31)25(26(31)30(37)40)28(38)35-23-17-20(32)16-21(33)18-23/h8,11,16-19,22,24-27H,2-7,9-10,12-15H2,1H3,(H,34,39)(H,35,38)/t24-,25+,26-,27+,31-/m0/s1. The van der Waals surface area contributed by atoms with Crippen molar-refractivity contribution < 1.29 is 19.1 Å². The number of halogens is 2. The summed E-state index contributed by atoms with van der Waals surface area (Å²) in [5.41, 5.74) is -0.701. The number of nitrogens with one attached hydrogen (secondary N) is 2. The number of hydrogen-bond acceptors (Lipinski definition) is 5. The fourth-order valence-electron chi connectivity index (χ4n) is 7.64. The van der Waals surface area contributed by atoms with Gasteiger partial charge >= 0.3 is 0 Å². The zero-order valence-electron chi connectivity index (χ0n) is 23.6. The van der Waals surface area contributed by atoms with Gasteiger partial charge in [0.1, 0.15) is 11.6 Å². The van der Waals surface area contributed by atoms with Crippen LogP contribution in [0.15, 0.2) is 30.4 Å². The van der Waals surface area contributed by atoms with E-state index in [2.05, 4.69) is 22.5 Å². The molecule has 2 N–H and O–H groups in total. The number of fused-ring (bicyclic) bond motifs is 1. The highest BCUT2D eigenvalue weighted by Gasteiger charge is 2.72. The van der Waals surface area contributed by atoms with Gasteiger partial charge in [-0.2, -0.15) is 0 Å². The molecule has 4 heterocycles. The maximum absolute atomic E-state index is 14.2. The van der Waals surface area contributed by atoms with E-state index in [0.717, 1.165) is 57.7 Å². The maximum Gasteiger partial charge on any atom is 0.246 e. The first-order valence-corrected chi connectivity index (χ1v) is 16.0. The molecule has 8 nitrogen and oxygen atoms in total. The molecule has 1 aromatic rings. The number of nitrogens with zero attached hydrogens (tertiary/aromatic N) is 2. The summed E-state index contributed by atoms with van der Waals surface area (Å²) in [6, 6.07) is 4.14. The Labute approximate surface area is 252 Å². The highest BCUT2D eigenvalue weighted by molar-refractivity contribution is 6.35. The molecule has 3 amide bonds. The summed E-state index contributed by atoms with van der Waals surface area (Å²) in [7, 11) is 0. The number of likely N-dealkylation sites (tertiary alicyclic amines) is 2. The molecule has 4 fully saturated rings. The predicted molar refractivity (Wildman–Crippen MR) is 159 cm³/mol. The van der Waals surface area contributed by atoms with Crippen molar-refractivity contribution in [3.63, 3.8) is 0 Å². The molecule has 2 bridgehead atoms. The molecule has 222 valence electrons. The lowest BCUT2D eigenvalue weighted by Gasteiger charge is -2.35. The summed E-state index contributed by atoms with van der Waals surface area (Å²) in [5, 5.41) is 6.95. The summed E-state index contributed by atoms with van der Waals surface area (Å²) >= 11 is 12.3. The Morgan fingerprint density at radius 2 is 1.71 bits per heavy atom. The topological polar surface area (TPSA) is 91.0 Å². The molecule has 3 saturated heterocycles. The smallest absolute Gasteiger partial charge is 0.246 e. The molecule has 10 heteroatoms. The van der Waals surface area contributed by atoms with Gasteiger partial charge in [-0.25, -0.2) is 0 Å². The van der Waals surface area contributed by atoms with E-state index < -0.39 is 29.6 Å². The average molecular weight is 604 g/mol. The lowest BCUT2D eigenvalue weighted by Crippen LogP contribution is -2.56. The summed E-state index contributed by atoms with van der Waals surface area (Å²) in [6.45, 7) is 5.76. The summed E-state index contributed by atoms with van der Waals surface area (Å²) in [5.74, 6) is -1.48. The van der Waals surface area contributed by atoms with Crippen LogP contribution >= 0.6 is 23.2 Å². The van der Waals surface area contributed by atoms with Gasteiger partial charge in [0.25, 0.3) is 0 Å². The van der Waals surface area contributed by atoms with Crippen LogP contribution in [0.3, 0.4) is 0 Å². The monoisotopic (exact) mass is 602 g/mol. The molecule has 6 rings (SSSR count). The van der Waals surface area contributed by atoms with Crippen molar-refractivity contribution in [2.24, 2.45) is 17.8 Å². The number of carbonyl (C=O) groups excluding carboxylic acids is 3. The Hall–Kier alpha value is -2.13. The third-order valence-electron chi connectivity index (χ3n) is 9.76. The van der Waals surface area contributed by atoms with E-state index in [-0.39, 0.29) is 23.8 Å². The molecule has 1 saturated carbocycles. The van der Waals surface area contributed by atoms with E-state index in [9.17, 15) is 14.4 Å². The maximum atomic E-state index is 14.2. The number of ether oxygens (including phenoxy) is 1. The summed E-state index contributed by atoms with van der Waals surface area (Å²) < 4.78 is 6.48. The predicted octanol–water partition coefficient (Wildman–Crippen LogP) is 4.65. The van der Waals surface area contributed by atoms with E-state index in [1.54, 1.807) is 23.1 Å². The third-order valence-corrected chi connectivity index (χ3v) is 10.2. The van der Waals surface area contributed by atoms with E-state index in [4.69, 9.17) is 27.9 Å². The van der Waals surface area contributed by atoms with Gasteiger partial charge < -0.3 is 25.2 Å². The zero-order chi connectivity index (χ0) is 28.7. The number of rotatable bonds is 8. The second kappa shape index (κ2) is 11.9. The van der Waals surface area contributed by atoms with Gasteiger partial charge in [0.2, 0.25) is 17.7 Å². The SMILES string of the molecule is CC1CCN(CCCN2C(=O)[C@@H]3[C@H](C(=O)Nc4cc(Cl)cc(Cl)c4)[C@@H]4C=C[C@@]3(O4)[C@H]2C(=O)NC2CCCCC2)CC1. The second-order valence-corrected chi connectivity index (χ2v) is 13.5. The number of piperidine rings is 1. The van der Waals surface area contributed by atoms with Crippen molar-refractivity contribution >= 4 is 46.6 Å². The van der Waals surface area contributed by atoms with Crippen molar-refractivity contribution in [1.82, 2.24) is 15.1 Å². The Morgan fingerprint density at radius 1 is 1.00 bits per heavy atom. The first kappa shape index (κ1) is 29.0. The second-order valence-electron chi connectivity index (χ2n) is 12.6. The molecular weight excluding hydrogens is 563 g/mol. The largest absolute Gasteiger partial charge is 0.359 e. The number of carbonyl (C=O) groups is 3. The number of benzene rings is 1. The fourth-order valence-corrected chi connectivity index (χ4v) is 8.16. The van der Waals surface area contributed by atoms with Gasteiger partial charge in [-0.1, -0.05) is 61.5 Å². The first-order chi connectivity index (χ1) is 19.7. The molecule has 1 spiro atoms. The van der Waals surface area contributed by atoms with Crippen LogP contribution in [0.5, 0.6) is 0 Å². The van der Waals surface area contributed by atoms with Crippen LogP contribution in [0.4, 0.5) is 5.69 Å². The van der Waals surface area contributed by atoms with Gasteiger partial charge in [0.05, 0.1) is 17.9 Å². The van der Waals surface area contributed by atoms with E-state index >= 15 is 0 Å². The van der Waals surface area contributed by atoms with Crippen LogP contribution < -0.4 is 10.6 Å².